The minimum Gasteiger partial charge on any atom is -0.493 e. The van der Waals surface area contributed by atoms with Crippen molar-refractivity contribution in [2.24, 2.45) is 5.10 Å². The van der Waals surface area contributed by atoms with Crippen LogP contribution < -0.4 is 14.9 Å². The van der Waals surface area contributed by atoms with Gasteiger partial charge in [-0.3, -0.25) is 5.43 Å². The first-order valence-corrected chi connectivity index (χ1v) is 9.76. The molecular formula is C24H25ClN2O2. The molecule has 0 unspecified atom stereocenters. The molecule has 0 radical (unpaired) electrons. The van der Waals surface area contributed by atoms with Crippen molar-refractivity contribution in [3.63, 3.8) is 0 Å². The maximum atomic E-state index is 6.14. The van der Waals surface area contributed by atoms with Crippen molar-refractivity contribution >= 4 is 23.5 Å². The largest absolute Gasteiger partial charge is 0.493 e. The van der Waals surface area contributed by atoms with E-state index in [9.17, 15) is 0 Å². The van der Waals surface area contributed by atoms with Gasteiger partial charge in [0.05, 0.1) is 19.0 Å². The van der Waals surface area contributed by atoms with Crippen LogP contribution in [0.5, 0.6) is 11.5 Å². The number of hydrazone groups is 1. The Morgan fingerprint density at radius 2 is 1.72 bits per heavy atom. The molecule has 4 nitrogen and oxygen atoms in total. The summed E-state index contributed by atoms with van der Waals surface area (Å²) in [4.78, 5) is 0. The third kappa shape index (κ3) is 5.52. The number of nitrogens with zero attached hydrogens (tertiary/aromatic N) is 1. The third-order valence-corrected chi connectivity index (χ3v) is 5.06. The van der Waals surface area contributed by atoms with Gasteiger partial charge in [-0.15, -0.1) is 0 Å². The zero-order valence-corrected chi connectivity index (χ0v) is 17.9. The van der Waals surface area contributed by atoms with E-state index in [1.807, 2.05) is 43.3 Å². The number of anilines is 1. The number of ether oxygens (including phenoxy) is 2. The van der Waals surface area contributed by atoms with Crippen LogP contribution in [0.4, 0.5) is 5.69 Å². The zero-order chi connectivity index (χ0) is 20.8. The Labute approximate surface area is 177 Å². The normalized spacial score (nSPS) is 10.9. The fraction of sp³-hybridized carbons (Fsp3) is 0.208. The van der Waals surface area contributed by atoms with Crippen LogP contribution >= 0.6 is 11.6 Å². The molecule has 0 aliphatic rings. The molecule has 3 aromatic rings. The Morgan fingerprint density at radius 1 is 0.931 bits per heavy atom. The van der Waals surface area contributed by atoms with Crippen LogP contribution in [0.1, 0.15) is 27.8 Å². The molecule has 5 heteroatoms. The second-order valence-electron chi connectivity index (χ2n) is 6.96. The SMILES string of the molecule is COc1cc(/C=N/Nc2ccc(C)c(Cl)c2)ccc1OCc1cc(C)ccc1C. The summed E-state index contributed by atoms with van der Waals surface area (Å²) in [5.41, 5.74) is 9.33. The number of hydrogen-bond acceptors (Lipinski definition) is 4. The highest BCUT2D eigenvalue weighted by molar-refractivity contribution is 6.31. The second kappa shape index (κ2) is 9.48. The van der Waals surface area contributed by atoms with Crippen LogP contribution in [0.15, 0.2) is 59.7 Å². The predicted octanol–water partition coefficient (Wildman–Crippen LogP) is 6.30. The Hall–Kier alpha value is -2.98. The molecule has 29 heavy (non-hydrogen) atoms. The van der Waals surface area contributed by atoms with Crippen LogP contribution in [0.2, 0.25) is 5.02 Å². The minimum absolute atomic E-state index is 0.493. The molecule has 0 atom stereocenters. The molecule has 3 rings (SSSR count). The number of benzene rings is 3. The van der Waals surface area contributed by atoms with E-state index >= 15 is 0 Å². The van der Waals surface area contributed by atoms with E-state index in [0.29, 0.717) is 23.1 Å². The average molecular weight is 409 g/mol. The number of halogens is 1. The second-order valence-corrected chi connectivity index (χ2v) is 7.37. The fourth-order valence-corrected chi connectivity index (χ4v) is 3.02. The molecule has 0 saturated heterocycles. The van der Waals surface area contributed by atoms with E-state index in [0.717, 1.165) is 16.8 Å². The smallest absolute Gasteiger partial charge is 0.161 e. The van der Waals surface area contributed by atoms with Crippen LogP contribution in [0.25, 0.3) is 0 Å². The van der Waals surface area contributed by atoms with Crippen LogP contribution in [-0.2, 0) is 6.61 Å². The number of rotatable bonds is 7. The minimum atomic E-state index is 0.493. The highest BCUT2D eigenvalue weighted by Gasteiger charge is 2.07. The lowest BCUT2D eigenvalue weighted by molar-refractivity contribution is 0.284. The van der Waals surface area contributed by atoms with Gasteiger partial charge < -0.3 is 9.47 Å². The lowest BCUT2D eigenvalue weighted by Gasteiger charge is -2.13. The topological polar surface area (TPSA) is 42.8 Å². The monoisotopic (exact) mass is 408 g/mol. The van der Waals surface area contributed by atoms with Gasteiger partial charge in [0.2, 0.25) is 0 Å². The Kier molecular flexibility index (Phi) is 6.78. The van der Waals surface area contributed by atoms with Crippen LogP contribution in [0.3, 0.4) is 0 Å². The Bertz CT molecular complexity index is 1030. The summed E-state index contributed by atoms with van der Waals surface area (Å²) in [5.74, 6) is 1.36. The van der Waals surface area contributed by atoms with Gasteiger partial charge in [0.15, 0.2) is 11.5 Å². The standard InChI is InChI=1S/C24H25ClN2O2/c1-16-5-6-17(2)20(11-16)15-29-23-10-8-19(12-24(23)28-4)14-26-27-21-9-7-18(3)22(25)13-21/h5-14,27H,15H2,1-4H3/b26-14+. The molecule has 0 fully saturated rings. The third-order valence-electron chi connectivity index (χ3n) is 4.65. The van der Waals surface area contributed by atoms with Crippen molar-refractivity contribution in [1.29, 1.82) is 0 Å². The van der Waals surface area contributed by atoms with Gasteiger partial charge in [0.1, 0.15) is 6.61 Å². The first kappa shape index (κ1) is 20.7. The van der Waals surface area contributed by atoms with Gasteiger partial charge in [0.25, 0.3) is 0 Å². The van der Waals surface area contributed by atoms with Crippen molar-refractivity contribution < 1.29 is 9.47 Å². The first-order chi connectivity index (χ1) is 14.0. The quantitative estimate of drug-likeness (QED) is 0.368. The molecule has 0 bridgehead atoms. The Balaban J connectivity index is 1.67. The van der Waals surface area contributed by atoms with E-state index in [1.165, 1.54) is 16.7 Å². The summed E-state index contributed by atoms with van der Waals surface area (Å²) in [6.07, 6.45) is 1.73. The van der Waals surface area contributed by atoms with Gasteiger partial charge in [-0.25, -0.2) is 0 Å². The van der Waals surface area contributed by atoms with Crippen LogP contribution in [-0.4, -0.2) is 13.3 Å². The van der Waals surface area contributed by atoms with Gasteiger partial charge in [-0.1, -0.05) is 41.4 Å². The van der Waals surface area contributed by atoms with Crippen LogP contribution in [0, 0.1) is 20.8 Å². The average Bonchev–Trinajstić information content (AvgIpc) is 2.71. The molecule has 150 valence electrons. The molecular weight excluding hydrogens is 384 g/mol. The fourth-order valence-electron chi connectivity index (χ4n) is 2.84. The molecule has 1 N–H and O–H groups in total. The lowest BCUT2D eigenvalue weighted by atomic mass is 10.1. The molecule has 0 aliphatic heterocycles. The Morgan fingerprint density at radius 3 is 2.48 bits per heavy atom. The van der Waals surface area contributed by atoms with E-state index in [4.69, 9.17) is 21.1 Å². The van der Waals surface area contributed by atoms with Gasteiger partial charge in [-0.2, -0.15) is 5.10 Å². The summed E-state index contributed by atoms with van der Waals surface area (Å²) < 4.78 is 11.5. The van der Waals surface area contributed by atoms with Crippen molar-refractivity contribution in [1.82, 2.24) is 0 Å². The molecule has 0 spiro atoms. The number of aryl methyl sites for hydroxylation is 3. The summed E-state index contributed by atoms with van der Waals surface area (Å²) in [5, 5.41) is 4.98. The maximum Gasteiger partial charge on any atom is 0.161 e. The summed E-state index contributed by atoms with van der Waals surface area (Å²) >= 11 is 6.14. The first-order valence-electron chi connectivity index (χ1n) is 9.38. The van der Waals surface area contributed by atoms with Crippen molar-refractivity contribution in [3.8, 4) is 11.5 Å². The highest BCUT2D eigenvalue weighted by atomic mass is 35.5. The molecule has 0 aromatic heterocycles. The van der Waals surface area contributed by atoms with Gasteiger partial charge in [-0.05, 0) is 73.4 Å². The number of hydrogen-bond donors (Lipinski definition) is 1. The summed E-state index contributed by atoms with van der Waals surface area (Å²) in [7, 11) is 1.63. The van der Waals surface area contributed by atoms with E-state index in [-0.39, 0.29) is 0 Å². The number of methoxy groups -OCH3 is 1. The van der Waals surface area contributed by atoms with Gasteiger partial charge >= 0.3 is 0 Å². The lowest BCUT2D eigenvalue weighted by Crippen LogP contribution is -2.00. The highest BCUT2D eigenvalue weighted by Crippen LogP contribution is 2.29. The summed E-state index contributed by atoms with van der Waals surface area (Å²) in [6.45, 7) is 6.62. The van der Waals surface area contributed by atoms with E-state index in [1.54, 1.807) is 13.3 Å². The molecule has 0 saturated carbocycles. The molecule has 3 aromatic carbocycles. The summed E-state index contributed by atoms with van der Waals surface area (Å²) in [6, 6.07) is 17.8. The maximum absolute atomic E-state index is 6.14. The predicted molar refractivity (Wildman–Crippen MR) is 121 cm³/mol. The van der Waals surface area contributed by atoms with Gasteiger partial charge in [0, 0.05) is 5.02 Å². The zero-order valence-electron chi connectivity index (χ0n) is 17.1. The van der Waals surface area contributed by atoms with Crippen molar-refractivity contribution in [3.05, 3.63) is 87.4 Å². The molecule has 0 amide bonds. The van der Waals surface area contributed by atoms with Crippen molar-refractivity contribution in [2.45, 2.75) is 27.4 Å². The molecule has 0 aliphatic carbocycles. The van der Waals surface area contributed by atoms with E-state index < -0.39 is 0 Å². The molecule has 0 heterocycles. The number of nitrogens with one attached hydrogen (secondary N) is 1. The van der Waals surface area contributed by atoms with E-state index in [2.05, 4.69) is 42.6 Å². The van der Waals surface area contributed by atoms with Crippen molar-refractivity contribution in [2.75, 3.05) is 12.5 Å².